The van der Waals surface area contributed by atoms with Gasteiger partial charge in [-0.3, -0.25) is 4.99 Å². The lowest BCUT2D eigenvalue weighted by molar-refractivity contribution is 0.128. The van der Waals surface area contributed by atoms with Crippen LogP contribution in [0, 0.1) is 5.92 Å². The molecule has 7 nitrogen and oxygen atoms in total. The molecule has 0 unspecified atom stereocenters. The van der Waals surface area contributed by atoms with Crippen LogP contribution in [0.4, 0.5) is 0 Å². The van der Waals surface area contributed by atoms with Gasteiger partial charge in [0.05, 0.1) is 25.6 Å². The SMILES string of the molecule is CN=C(NCCOCCC(C)C)NCCOCCS(C)(=O)=O. The van der Waals surface area contributed by atoms with Gasteiger partial charge in [0, 0.05) is 33.0 Å². The Bertz CT molecular complexity index is 397. The van der Waals surface area contributed by atoms with Gasteiger partial charge in [0.1, 0.15) is 9.84 Å². The molecule has 8 heteroatoms. The topological polar surface area (TPSA) is 89.0 Å². The van der Waals surface area contributed by atoms with Gasteiger partial charge in [-0.25, -0.2) is 8.42 Å². The van der Waals surface area contributed by atoms with E-state index in [1.54, 1.807) is 7.05 Å². The van der Waals surface area contributed by atoms with Gasteiger partial charge in [0.25, 0.3) is 0 Å². The van der Waals surface area contributed by atoms with Crippen molar-refractivity contribution in [1.82, 2.24) is 10.6 Å². The highest BCUT2D eigenvalue weighted by Gasteiger charge is 2.01. The quantitative estimate of drug-likeness (QED) is 0.302. The first-order valence-electron chi connectivity index (χ1n) is 7.63. The molecule has 0 rings (SSSR count). The van der Waals surface area contributed by atoms with E-state index in [1.165, 1.54) is 6.26 Å². The molecule has 0 radical (unpaired) electrons. The minimum atomic E-state index is -2.95. The fourth-order valence-electron chi connectivity index (χ4n) is 1.44. The normalized spacial score (nSPS) is 12.7. The second-order valence-corrected chi connectivity index (χ2v) is 7.72. The summed E-state index contributed by atoms with van der Waals surface area (Å²) in [6, 6.07) is 0. The summed E-state index contributed by atoms with van der Waals surface area (Å²) in [5.41, 5.74) is 0. The van der Waals surface area contributed by atoms with Crippen LogP contribution in [0.25, 0.3) is 0 Å². The summed E-state index contributed by atoms with van der Waals surface area (Å²) in [6.45, 7) is 7.66. The molecule has 0 aromatic heterocycles. The lowest BCUT2D eigenvalue weighted by Crippen LogP contribution is -2.40. The van der Waals surface area contributed by atoms with E-state index in [4.69, 9.17) is 9.47 Å². The lowest BCUT2D eigenvalue weighted by atomic mass is 10.1. The molecular weight excluding hydrogens is 306 g/mol. The average molecular weight is 337 g/mol. The molecule has 0 atom stereocenters. The number of rotatable bonds is 12. The number of ether oxygens (including phenoxy) is 2. The van der Waals surface area contributed by atoms with Crippen LogP contribution in [-0.2, 0) is 19.3 Å². The van der Waals surface area contributed by atoms with Crippen molar-refractivity contribution < 1.29 is 17.9 Å². The van der Waals surface area contributed by atoms with Crippen molar-refractivity contribution in [3.63, 3.8) is 0 Å². The Balaban J connectivity index is 3.52. The minimum Gasteiger partial charge on any atom is -0.380 e. The zero-order valence-corrected chi connectivity index (χ0v) is 15.0. The summed E-state index contributed by atoms with van der Waals surface area (Å²) < 4.78 is 32.6. The molecule has 0 heterocycles. The monoisotopic (exact) mass is 337 g/mol. The second-order valence-electron chi connectivity index (χ2n) is 5.46. The van der Waals surface area contributed by atoms with Gasteiger partial charge in [-0.15, -0.1) is 0 Å². The van der Waals surface area contributed by atoms with Gasteiger partial charge >= 0.3 is 0 Å². The molecule has 0 aliphatic rings. The number of sulfone groups is 1. The Morgan fingerprint density at radius 2 is 1.59 bits per heavy atom. The van der Waals surface area contributed by atoms with E-state index in [-0.39, 0.29) is 12.4 Å². The maximum atomic E-state index is 10.9. The number of hydrogen-bond acceptors (Lipinski definition) is 5. The van der Waals surface area contributed by atoms with Gasteiger partial charge in [-0.2, -0.15) is 0 Å². The summed E-state index contributed by atoms with van der Waals surface area (Å²) >= 11 is 0. The number of nitrogens with zero attached hydrogens (tertiary/aromatic N) is 1. The van der Waals surface area contributed by atoms with Gasteiger partial charge in [-0.1, -0.05) is 13.8 Å². The van der Waals surface area contributed by atoms with E-state index >= 15 is 0 Å². The molecule has 132 valence electrons. The summed E-state index contributed by atoms with van der Waals surface area (Å²) in [5.74, 6) is 1.39. The zero-order chi connectivity index (χ0) is 16.8. The molecule has 0 aliphatic carbocycles. The Labute approximate surface area is 134 Å². The molecule has 0 aromatic carbocycles. The molecule has 0 fully saturated rings. The van der Waals surface area contributed by atoms with Crippen LogP contribution in [0.15, 0.2) is 4.99 Å². The molecule has 0 spiro atoms. The molecule has 0 saturated carbocycles. The molecule has 0 amide bonds. The molecule has 0 aliphatic heterocycles. The Morgan fingerprint density at radius 1 is 1.05 bits per heavy atom. The third kappa shape index (κ3) is 15.5. The van der Waals surface area contributed by atoms with Crippen molar-refractivity contribution >= 4 is 15.8 Å². The summed E-state index contributed by atoms with van der Waals surface area (Å²) in [5, 5.41) is 6.22. The summed E-state index contributed by atoms with van der Waals surface area (Å²) in [4.78, 5) is 4.08. The van der Waals surface area contributed by atoms with Crippen LogP contribution in [-0.4, -0.2) is 73.0 Å². The smallest absolute Gasteiger partial charge is 0.191 e. The van der Waals surface area contributed by atoms with E-state index in [1.807, 2.05) is 0 Å². The summed E-state index contributed by atoms with van der Waals surface area (Å²) in [7, 11) is -1.26. The van der Waals surface area contributed by atoms with Crippen LogP contribution < -0.4 is 10.6 Å². The lowest BCUT2D eigenvalue weighted by Gasteiger charge is -2.12. The number of guanidine groups is 1. The summed E-state index contributed by atoms with van der Waals surface area (Å²) in [6.07, 6.45) is 2.27. The van der Waals surface area contributed by atoms with E-state index in [2.05, 4.69) is 29.5 Å². The minimum absolute atomic E-state index is 0.0493. The van der Waals surface area contributed by atoms with Crippen LogP contribution >= 0.6 is 0 Å². The van der Waals surface area contributed by atoms with Crippen LogP contribution in [0.3, 0.4) is 0 Å². The first kappa shape index (κ1) is 21.1. The molecule has 0 saturated heterocycles. The highest BCUT2D eigenvalue weighted by molar-refractivity contribution is 7.90. The van der Waals surface area contributed by atoms with Crippen LogP contribution in [0.5, 0.6) is 0 Å². The van der Waals surface area contributed by atoms with Crippen molar-refractivity contribution in [1.29, 1.82) is 0 Å². The van der Waals surface area contributed by atoms with Crippen LogP contribution in [0.2, 0.25) is 0 Å². The average Bonchev–Trinajstić information content (AvgIpc) is 2.42. The van der Waals surface area contributed by atoms with Crippen molar-refractivity contribution in [3.8, 4) is 0 Å². The molecule has 0 aromatic rings. The third-order valence-electron chi connectivity index (χ3n) is 2.74. The first-order valence-corrected chi connectivity index (χ1v) is 9.69. The number of aliphatic imine (C=N–C) groups is 1. The van der Waals surface area contributed by atoms with Crippen molar-refractivity contribution in [2.24, 2.45) is 10.9 Å². The van der Waals surface area contributed by atoms with E-state index < -0.39 is 9.84 Å². The van der Waals surface area contributed by atoms with Gasteiger partial charge in [0.2, 0.25) is 0 Å². The predicted molar refractivity (Wildman–Crippen MR) is 90.2 cm³/mol. The van der Waals surface area contributed by atoms with Crippen molar-refractivity contribution in [3.05, 3.63) is 0 Å². The van der Waals surface area contributed by atoms with Gasteiger partial charge in [0.15, 0.2) is 5.96 Å². The van der Waals surface area contributed by atoms with Crippen molar-refractivity contribution in [2.45, 2.75) is 20.3 Å². The third-order valence-corrected chi connectivity index (χ3v) is 3.65. The van der Waals surface area contributed by atoms with E-state index in [9.17, 15) is 8.42 Å². The number of nitrogens with one attached hydrogen (secondary N) is 2. The molecule has 22 heavy (non-hydrogen) atoms. The van der Waals surface area contributed by atoms with Gasteiger partial charge < -0.3 is 20.1 Å². The molecule has 2 N–H and O–H groups in total. The Hall–Kier alpha value is -0.860. The molecule has 0 bridgehead atoms. The maximum absolute atomic E-state index is 10.9. The highest BCUT2D eigenvalue weighted by atomic mass is 32.2. The molecular formula is C14H31N3O4S. The Kier molecular flexibility index (Phi) is 12.2. The largest absolute Gasteiger partial charge is 0.380 e. The maximum Gasteiger partial charge on any atom is 0.191 e. The van der Waals surface area contributed by atoms with Gasteiger partial charge in [-0.05, 0) is 12.3 Å². The van der Waals surface area contributed by atoms with Crippen molar-refractivity contribution in [2.75, 3.05) is 58.6 Å². The fourth-order valence-corrected chi connectivity index (χ4v) is 1.86. The van der Waals surface area contributed by atoms with E-state index in [0.717, 1.165) is 13.0 Å². The Morgan fingerprint density at radius 3 is 2.05 bits per heavy atom. The number of hydrogen-bond donors (Lipinski definition) is 2. The van der Waals surface area contributed by atoms with E-state index in [0.29, 0.717) is 38.2 Å². The standard InChI is InChI=1S/C14H31N3O4S/c1-13(2)5-8-20-9-6-16-14(15-3)17-7-10-21-11-12-22(4,18)19/h13H,5-12H2,1-4H3,(H2,15,16,17). The van der Waals surface area contributed by atoms with Crippen LogP contribution in [0.1, 0.15) is 20.3 Å². The first-order chi connectivity index (χ1) is 10.3. The second kappa shape index (κ2) is 12.7. The highest BCUT2D eigenvalue weighted by Crippen LogP contribution is 1.98. The zero-order valence-electron chi connectivity index (χ0n) is 14.2. The fraction of sp³-hybridized carbons (Fsp3) is 0.929. The predicted octanol–water partition coefficient (Wildman–Crippen LogP) is 0.275.